The molecule has 1 aromatic heterocycles. The number of carbonyl (C=O) groups is 2. The Morgan fingerprint density at radius 2 is 1.67 bits per heavy atom. The van der Waals surface area contributed by atoms with Gasteiger partial charge in [0.15, 0.2) is 0 Å². The number of aryl methyl sites for hydroxylation is 1. The Hall–Kier alpha value is -2.89. The van der Waals surface area contributed by atoms with Crippen molar-refractivity contribution in [1.82, 2.24) is 9.88 Å². The van der Waals surface area contributed by atoms with E-state index < -0.39 is 0 Å². The van der Waals surface area contributed by atoms with Gasteiger partial charge in [0.25, 0.3) is 0 Å². The molecule has 2 heterocycles. The number of benzene rings is 1. The van der Waals surface area contributed by atoms with Crippen LogP contribution in [-0.2, 0) is 22.4 Å². The van der Waals surface area contributed by atoms with Crippen LogP contribution in [0.4, 0.5) is 11.5 Å². The lowest BCUT2D eigenvalue weighted by atomic mass is 10.1. The van der Waals surface area contributed by atoms with Gasteiger partial charge in [-0.1, -0.05) is 31.2 Å². The first-order valence-corrected chi connectivity index (χ1v) is 9.39. The third-order valence-electron chi connectivity index (χ3n) is 4.90. The fourth-order valence-corrected chi connectivity index (χ4v) is 3.19. The molecule has 1 aliphatic rings. The molecule has 1 aromatic carbocycles. The van der Waals surface area contributed by atoms with Crippen molar-refractivity contribution in [2.45, 2.75) is 26.7 Å². The number of piperazine rings is 1. The number of carbonyl (C=O) groups excluding carboxylic acids is 2. The van der Waals surface area contributed by atoms with Crippen LogP contribution in [0.25, 0.3) is 0 Å². The molecule has 0 saturated carbocycles. The highest BCUT2D eigenvalue weighted by atomic mass is 16.2. The van der Waals surface area contributed by atoms with Crippen molar-refractivity contribution in [3.8, 4) is 0 Å². The number of hydrogen-bond donors (Lipinski definition) is 1. The van der Waals surface area contributed by atoms with E-state index in [0.717, 1.165) is 43.9 Å². The van der Waals surface area contributed by atoms with Gasteiger partial charge in [-0.15, -0.1) is 0 Å². The van der Waals surface area contributed by atoms with Gasteiger partial charge < -0.3 is 15.1 Å². The lowest BCUT2D eigenvalue weighted by Crippen LogP contribution is -2.48. The Labute approximate surface area is 160 Å². The van der Waals surface area contributed by atoms with Gasteiger partial charge in [-0.25, -0.2) is 4.98 Å². The first kappa shape index (κ1) is 18.9. The van der Waals surface area contributed by atoms with E-state index in [4.69, 9.17) is 0 Å². The summed E-state index contributed by atoms with van der Waals surface area (Å²) in [6, 6.07) is 11.9. The molecule has 0 spiro atoms. The molecule has 2 amide bonds. The molecule has 0 radical (unpaired) electrons. The maximum atomic E-state index is 12.2. The summed E-state index contributed by atoms with van der Waals surface area (Å²) in [7, 11) is 0. The molecule has 27 heavy (non-hydrogen) atoms. The summed E-state index contributed by atoms with van der Waals surface area (Å²) in [6.45, 7) is 6.75. The molecule has 0 bridgehead atoms. The average Bonchev–Trinajstić information content (AvgIpc) is 2.69. The van der Waals surface area contributed by atoms with E-state index >= 15 is 0 Å². The van der Waals surface area contributed by atoms with Gasteiger partial charge in [0.1, 0.15) is 5.82 Å². The number of rotatable bonds is 5. The summed E-state index contributed by atoms with van der Waals surface area (Å²) >= 11 is 0. The van der Waals surface area contributed by atoms with E-state index in [1.54, 1.807) is 13.1 Å². The van der Waals surface area contributed by atoms with Crippen LogP contribution >= 0.6 is 0 Å². The molecular formula is C21H26N4O2. The number of anilines is 2. The number of hydrogen-bond acceptors (Lipinski definition) is 4. The summed E-state index contributed by atoms with van der Waals surface area (Å²) in [5.41, 5.74) is 3.26. The second-order valence-corrected chi connectivity index (χ2v) is 6.79. The highest BCUT2D eigenvalue weighted by Gasteiger charge is 2.19. The third kappa shape index (κ3) is 5.06. The number of nitrogens with zero attached hydrogens (tertiary/aromatic N) is 3. The molecule has 1 N–H and O–H groups in total. The second-order valence-electron chi connectivity index (χ2n) is 6.79. The largest absolute Gasteiger partial charge is 0.367 e. The van der Waals surface area contributed by atoms with Crippen LogP contribution in [0.3, 0.4) is 0 Å². The highest BCUT2D eigenvalue weighted by molar-refractivity contribution is 5.91. The zero-order chi connectivity index (χ0) is 19.2. The van der Waals surface area contributed by atoms with E-state index in [1.165, 1.54) is 5.56 Å². The molecule has 0 atom stereocenters. The molecule has 1 saturated heterocycles. The van der Waals surface area contributed by atoms with Crippen LogP contribution in [0.15, 0.2) is 42.6 Å². The Kier molecular flexibility index (Phi) is 6.06. The number of nitrogens with one attached hydrogen (secondary N) is 1. The van der Waals surface area contributed by atoms with Crippen molar-refractivity contribution < 1.29 is 9.59 Å². The van der Waals surface area contributed by atoms with Gasteiger partial charge in [-0.3, -0.25) is 9.59 Å². The standard InChI is InChI=1S/C21H26N4O2/c1-3-17-4-6-18(7-5-17)14-21(27)23-20-9-8-19(15-22-20)25-12-10-24(11-13-25)16(2)26/h4-9,15H,3,10-14H2,1-2H3,(H,22,23,27). The van der Waals surface area contributed by atoms with Crippen LogP contribution < -0.4 is 10.2 Å². The first-order valence-electron chi connectivity index (χ1n) is 9.39. The minimum absolute atomic E-state index is 0.0745. The van der Waals surface area contributed by atoms with Crippen molar-refractivity contribution in [3.05, 3.63) is 53.7 Å². The van der Waals surface area contributed by atoms with E-state index in [1.807, 2.05) is 29.2 Å². The van der Waals surface area contributed by atoms with Crippen molar-refractivity contribution in [2.75, 3.05) is 36.4 Å². The van der Waals surface area contributed by atoms with E-state index in [0.29, 0.717) is 12.2 Å². The molecule has 6 heteroatoms. The quantitative estimate of drug-likeness (QED) is 0.883. The molecule has 1 aliphatic heterocycles. The number of amides is 2. The van der Waals surface area contributed by atoms with Gasteiger partial charge in [0.05, 0.1) is 18.3 Å². The van der Waals surface area contributed by atoms with Gasteiger partial charge in [0, 0.05) is 33.1 Å². The molecule has 3 rings (SSSR count). The third-order valence-corrected chi connectivity index (χ3v) is 4.90. The molecule has 2 aromatic rings. The van der Waals surface area contributed by atoms with Gasteiger partial charge in [-0.2, -0.15) is 0 Å². The highest BCUT2D eigenvalue weighted by Crippen LogP contribution is 2.17. The maximum Gasteiger partial charge on any atom is 0.229 e. The van der Waals surface area contributed by atoms with Crippen LogP contribution in [0.2, 0.25) is 0 Å². The predicted octanol–water partition coefficient (Wildman–Crippen LogP) is 2.49. The predicted molar refractivity (Wildman–Crippen MR) is 107 cm³/mol. The molecule has 0 unspecified atom stereocenters. The van der Waals surface area contributed by atoms with E-state index in [-0.39, 0.29) is 11.8 Å². The number of pyridine rings is 1. The lowest BCUT2D eigenvalue weighted by molar-refractivity contribution is -0.129. The van der Waals surface area contributed by atoms with Crippen LogP contribution in [0, 0.1) is 0 Å². The second kappa shape index (κ2) is 8.66. The maximum absolute atomic E-state index is 12.2. The van der Waals surface area contributed by atoms with Crippen molar-refractivity contribution in [1.29, 1.82) is 0 Å². The van der Waals surface area contributed by atoms with E-state index in [9.17, 15) is 9.59 Å². The Bertz CT molecular complexity index is 779. The first-order chi connectivity index (χ1) is 13.0. The summed E-state index contributed by atoms with van der Waals surface area (Å²) in [5, 5.41) is 2.85. The van der Waals surface area contributed by atoms with E-state index in [2.05, 4.69) is 34.3 Å². The molecule has 142 valence electrons. The minimum atomic E-state index is -0.0745. The lowest BCUT2D eigenvalue weighted by Gasteiger charge is -2.35. The van der Waals surface area contributed by atoms with Gasteiger partial charge in [-0.05, 0) is 29.7 Å². The smallest absolute Gasteiger partial charge is 0.229 e. The Morgan fingerprint density at radius 1 is 1.00 bits per heavy atom. The molecule has 0 aliphatic carbocycles. The summed E-state index contributed by atoms with van der Waals surface area (Å²) in [5.74, 6) is 0.598. The number of aromatic nitrogens is 1. The van der Waals surface area contributed by atoms with Gasteiger partial charge >= 0.3 is 0 Å². The zero-order valence-electron chi connectivity index (χ0n) is 15.9. The fourth-order valence-electron chi connectivity index (χ4n) is 3.19. The zero-order valence-corrected chi connectivity index (χ0v) is 15.9. The topological polar surface area (TPSA) is 65.5 Å². The average molecular weight is 366 g/mol. The van der Waals surface area contributed by atoms with Crippen LogP contribution in [-0.4, -0.2) is 47.9 Å². The van der Waals surface area contributed by atoms with Crippen LogP contribution in [0.5, 0.6) is 0 Å². The van der Waals surface area contributed by atoms with Crippen LogP contribution in [0.1, 0.15) is 25.0 Å². The molecule has 1 fully saturated rings. The Balaban J connectivity index is 1.52. The summed E-state index contributed by atoms with van der Waals surface area (Å²) < 4.78 is 0. The normalized spacial score (nSPS) is 14.1. The molecule has 6 nitrogen and oxygen atoms in total. The van der Waals surface area contributed by atoms with Crippen molar-refractivity contribution in [2.24, 2.45) is 0 Å². The van der Waals surface area contributed by atoms with Gasteiger partial charge in [0.2, 0.25) is 11.8 Å². The molecular weight excluding hydrogens is 340 g/mol. The van der Waals surface area contributed by atoms with Crippen molar-refractivity contribution >= 4 is 23.3 Å². The minimum Gasteiger partial charge on any atom is -0.367 e. The summed E-state index contributed by atoms with van der Waals surface area (Å²) in [6.07, 6.45) is 3.10. The fraction of sp³-hybridized carbons (Fsp3) is 0.381. The van der Waals surface area contributed by atoms with Crippen molar-refractivity contribution in [3.63, 3.8) is 0 Å². The summed E-state index contributed by atoms with van der Waals surface area (Å²) in [4.78, 5) is 32.0. The SMILES string of the molecule is CCc1ccc(CC(=O)Nc2ccc(N3CCN(C(C)=O)CC3)cn2)cc1. The monoisotopic (exact) mass is 366 g/mol. The Morgan fingerprint density at radius 3 is 2.22 bits per heavy atom.